The molecule has 0 N–H and O–H groups in total. The van der Waals surface area contributed by atoms with E-state index in [2.05, 4.69) is 58.6 Å². The summed E-state index contributed by atoms with van der Waals surface area (Å²) >= 11 is 6.41. The van der Waals surface area contributed by atoms with Crippen LogP contribution in [0, 0.1) is 22.7 Å². The van der Waals surface area contributed by atoms with Gasteiger partial charge in [0, 0.05) is 125 Å². The Morgan fingerprint density at radius 3 is 2.54 bits per heavy atom. The van der Waals surface area contributed by atoms with Gasteiger partial charge >= 0.3 is 0 Å². The maximum Gasteiger partial charge on any atom is 0.264 e. The Balaban J connectivity index is 0.692. The number of nitriles is 1. The van der Waals surface area contributed by atoms with Gasteiger partial charge in [-0.2, -0.15) is 15.5 Å². The zero-order chi connectivity index (χ0) is 48.3. The Morgan fingerprint density at radius 2 is 1.83 bits per heavy atom. The molecule has 4 fully saturated rings. The molecule has 8 heterocycles. The van der Waals surface area contributed by atoms with Crippen molar-refractivity contribution in [3.8, 4) is 23.1 Å². The van der Waals surface area contributed by atoms with Crippen molar-refractivity contribution in [2.75, 3.05) is 67.1 Å². The molecule has 14 nitrogen and oxygen atoms in total. The average Bonchev–Trinajstić information content (AvgIpc) is 4.17. The minimum absolute atomic E-state index is 0.00199. The van der Waals surface area contributed by atoms with Gasteiger partial charge in [-0.3, -0.25) is 19.1 Å². The number of benzene rings is 2. The second-order valence-corrected chi connectivity index (χ2v) is 21.5. The molecule has 0 radical (unpaired) electrons. The lowest BCUT2D eigenvalue weighted by atomic mass is 9.77. The molecular formula is C53H63ClF2N12O2. The Kier molecular flexibility index (Phi) is 12.7. The first-order valence-corrected chi connectivity index (χ1v) is 25.8. The van der Waals surface area contributed by atoms with E-state index in [-0.39, 0.29) is 29.0 Å². The minimum atomic E-state index is -2.65. The van der Waals surface area contributed by atoms with Gasteiger partial charge in [0.05, 0.1) is 29.4 Å². The van der Waals surface area contributed by atoms with Crippen LogP contribution in [0.2, 0.25) is 5.02 Å². The second kappa shape index (κ2) is 19.1. The monoisotopic (exact) mass is 972 g/mol. The van der Waals surface area contributed by atoms with Gasteiger partial charge in [-0.15, -0.1) is 10.2 Å². The highest BCUT2D eigenvalue weighted by Crippen LogP contribution is 2.47. The van der Waals surface area contributed by atoms with Crippen LogP contribution < -0.4 is 19.4 Å². The van der Waals surface area contributed by atoms with E-state index < -0.39 is 6.43 Å². The van der Waals surface area contributed by atoms with Crippen LogP contribution in [0.15, 0.2) is 54.9 Å². The van der Waals surface area contributed by atoms with Gasteiger partial charge in [0.1, 0.15) is 12.2 Å². The fraction of sp³-hybridized carbons (Fsp3) is 0.547. The van der Waals surface area contributed by atoms with Crippen LogP contribution in [-0.4, -0.2) is 110 Å². The predicted molar refractivity (Wildman–Crippen MR) is 266 cm³/mol. The number of anilines is 4. The first kappa shape index (κ1) is 46.6. The first-order valence-electron chi connectivity index (χ1n) is 25.4. The summed E-state index contributed by atoms with van der Waals surface area (Å²) in [5.41, 5.74) is 7.10. The lowest BCUT2D eigenvalue weighted by Gasteiger charge is -2.39. The molecule has 1 saturated carbocycles. The molecule has 17 heteroatoms. The maximum absolute atomic E-state index is 14.8. The number of rotatable bonds is 10. The molecule has 6 aliphatic rings. The second-order valence-electron chi connectivity index (χ2n) is 21.0. The summed E-state index contributed by atoms with van der Waals surface area (Å²) in [4.78, 5) is 24.1. The summed E-state index contributed by atoms with van der Waals surface area (Å²) in [7, 11) is 1.80. The number of likely N-dealkylation sites (tertiary alicyclic amines) is 1. The van der Waals surface area contributed by atoms with Gasteiger partial charge in [-0.05, 0) is 130 Å². The molecule has 1 amide bonds. The third kappa shape index (κ3) is 9.08. The summed E-state index contributed by atoms with van der Waals surface area (Å²) in [6, 6.07) is 16.2. The third-order valence-corrected chi connectivity index (χ3v) is 16.8. The number of nitrogens with zero attached hydrogens (tertiary/aromatic N) is 12. The van der Waals surface area contributed by atoms with Crippen LogP contribution in [0.3, 0.4) is 0 Å². The summed E-state index contributed by atoms with van der Waals surface area (Å²) in [6.45, 7) is 11.5. The van der Waals surface area contributed by atoms with Crippen LogP contribution in [0.4, 0.5) is 31.8 Å². The minimum Gasteiger partial charge on any atom is -0.472 e. The van der Waals surface area contributed by atoms with Crippen molar-refractivity contribution in [1.82, 2.24) is 39.6 Å². The number of hydrogen-bond donors (Lipinski definition) is 0. The van der Waals surface area contributed by atoms with Crippen LogP contribution in [0.1, 0.15) is 112 Å². The van der Waals surface area contributed by atoms with Gasteiger partial charge < -0.3 is 24.3 Å². The van der Waals surface area contributed by atoms with Gasteiger partial charge in [0.15, 0.2) is 11.6 Å². The smallest absolute Gasteiger partial charge is 0.264 e. The highest BCUT2D eigenvalue weighted by atomic mass is 35.5. The summed E-state index contributed by atoms with van der Waals surface area (Å²) in [5, 5.41) is 28.7. The largest absolute Gasteiger partial charge is 0.472 e. The third-order valence-electron chi connectivity index (χ3n) is 16.5. The number of carbonyl (C=O) groups excluding carboxylic acids is 1. The first-order chi connectivity index (χ1) is 33.9. The van der Waals surface area contributed by atoms with E-state index in [0.717, 1.165) is 144 Å². The molecule has 1 aliphatic carbocycles. The molecule has 5 aromatic rings. The Bertz CT molecular complexity index is 2770. The van der Waals surface area contributed by atoms with Gasteiger partial charge in [0.25, 0.3) is 6.43 Å². The number of aryl methyl sites for hydroxylation is 2. The van der Waals surface area contributed by atoms with E-state index in [1.54, 1.807) is 37.1 Å². The van der Waals surface area contributed by atoms with Gasteiger partial charge in [-0.25, -0.2) is 8.78 Å². The molecule has 1 spiro atoms. The van der Waals surface area contributed by atoms with Crippen LogP contribution in [-0.2, 0) is 31.2 Å². The normalized spacial score (nSPS) is 23.5. The van der Waals surface area contributed by atoms with E-state index in [4.69, 9.17) is 21.4 Å². The van der Waals surface area contributed by atoms with E-state index in [0.29, 0.717) is 59.2 Å². The van der Waals surface area contributed by atoms with Crippen LogP contribution in [0.5, 0.6) is 5.88 Å². The number of alkyl halides is 2. The molecule has 11 rings (SSSR count). The van der Waals surface area contributed by atoms with Crippen molar-refractivity contribution in [3.05, 3.63) is 87.8 Å². The number of amides is 1. The average molecular weight is 974 g/mol. The lowest BCUT2D eigenvalue weighted by Crippen LogP contribution is -2.42. The van der Waals surface area contributed by atoms with E-state index in [9.17, 15) is 18.8 Å². The fourth-order valence-corrected chi connectivity index (χ4v) is 13.0. The van der Waals surface area contributed by atoms with Crippen molar-refractivity contribution in [1.29, 1.82) is 5.26 Å². The van der Waals surface area contributed by atoms with Crippen molar-refractivity contribution in [2.45, 2.75) is 116 Å². The zero-order valence-electron chi connectivity index (χ0n) is 40.5. The molecule has 3 saturated heterocycles. The van der Waals surface area contributed by atoms with Gasteiger partial charge in [0.2, 0.25) is 11.8 Å². The van der Waals surface area contributed by atoms with Crippen molar-refractivity contribution < 1.29 is 18.3 Å². The molecular weight excluding hydrogens is 910 g/mol. The number of piperidine rings is 1. The van der Waals surface area contributed by atoms with Crippen LogP contribution >= 0.6 is 11.6 Å². The summed E-state index contributed by atoms with van der Waals surface area (Å²) < 4.78 is 39.9. The topological polar surface area (TPSA) is 128 Å². The molecule has 2 aromatic carbocycles. The Hall–Kier alpha value is -5.79. The predicted octanol–water partition coefficient (Wildman–Crippen LogP) is 9.30. The highest BCUT2D eigenvalue weighted by Gasteiger charge is 2.45. The molecule has 368 valence electrons. The van der Waals surface area contributed by atoms with E-state index in [1.165, 1.54) is 5.69 Å². The molecule has 70 heavy (non-hydrogen) atoms. The highest BCUT2D eigenvalue weighted by molar-refractivity contribution is 6.32. The number of fused-ring (bicyclic) bond motifs is 2. The summed E-state index contributed by atoms with van der Waals surface area (Å²) in [6.07, 6.45) is 11.8. The number of aromatic nitrogens is 6. The number of hydrogen-bond acceptors (Lipinski definition) is 11. The molecule has 0 bridgehead atoms. The lowest BCUT2D eigenvalue weighted by molar-refractivity contribution is -0.129. The standard InChI is InChI=1S/C53H63ClF2N12O2/c1-34-26-53(33-67(34)41-11-8-38(27-57)46(54)24-41)16-21-64(22-17-53)49-12-13-50(60-59-49)70-42-14-19-63(31-42)29-36-6-9-40(10-7-36)68-47-15-20-65(35(2)69)32-45(47)52(61-68)66-18-4-5-37-23-43(39-28-58-62(3)30-39)44(51(55)56)25-48(37)66/h8,11-13,23-25,28,30,34,36,40,42,51H,4-7,9-10,14-22,26,29,31-33H2,1-3H3/t34-,36?,40?,42-/m0/s1. The number of ether oxygens (including phenoxy) is 1. The van der Waals surface area contributed by atoms with Crippen molar-refractivity contribution in [3.63, 3.8) is 0 Å². The SMILES string of the molecule is CC(=O)N1CCc2c(c(N3CCCc4cc(-c5cnn(C)c5)c(C(F)F)cc43)nn2C2CCC(CN3CC[C@H](Oc4ccc(N5CCC6(CC5)C[C@H](C)N(c5ccc(C#N)c(Cl)c5)C6)nn4)C3)CC2)C1. The van der Waals surface area contributed by atoms with Crippen LogP contribution in [0.25, 0.3) is 11.1 Å². The molecule has 5 aliphatic heterocycles. The van der Waals surface area contributed by atoms with E-state index in [1.807, 2.05) is 35.2 Å². The molecule has 0 unspecified atom stereocenters. The van der Waals surface area contributed by atoms with E-state index >= 15 is 0 Å². The number of halogens is 3. The van der Waals surface area contributed by atoms with Crippen molar-refractivity contribution >= 4 is 40.5 Å². The molecule has 3 aromatic heterocycles. The maximum atomic E-state index is 14.8. The number of carbonyl (C=O) groups is 1. The summed E-state index contributed by atoms with van der Waals surface area (Å²) in [5.74, 6) is 2.90. The van der Waals surface area contributed by atoms with Gasteiger partial charge in [-0.1, -0.05) is 11.6 Å². The Morgan fingerprint density at radius 1 is 1.00 bits per heavy atom. The van der Waals surface area contributed by atoms with Crippen molar-refractivity contribution in [2.24, 2.45) is 18.4 Å². The quantitative estimate of drug-likeness (QED) is 0.133. The fourth-order valence-electron chi connectivity index (χ4n) is 12.8. The zero-order valence-corrected chi connectivity index (χ0v) is 41.3. The molecule has 2 atom stereocenters. The Labute approximate surface area is 414 Å².